The highest BCUT2D eigenvalue weighted by atomic mass is 32.2. The van der Waals surface area contributed by atoms with Crippen LogP contribution in [0.5, 0.6) is 0 Å². The van der Waals surface area contributed by atoms with Crippen molar-refractivity contribution >= 4 is 27.7 Å². The second kappa shape index (κ2) is 8.31. The number of rotatable bonds is 7. The summed E-state index contributed by atoms with van der Waals surface area (Å²) in [5.74, 6) is -0.163. The quantitative estimate of drug-likeness (QED) is 0.758. The highest BCUT2D eigenvalue weighted by Crippen LogP contribution is 2.11. The Kier molecular flexibility index (Phi) is 6.14. The van der Waals surface area contributed by atoms with Crippen molar-refractivity contribution in [3.05, 3.63) is 71.8 Å². The monoisotopic (exact) mass is 344 g/mol. The van der Waals surface area contributed by atoms with E-state index in [1.165, 1.54) is 11.6 Å². The molecular formula is C18H20N2O3S. The van der Waals surface area contributed by atoms with E-state index >= 15 is 0 Å². The molecule has 0 aliphatic carbocycles. The van der Waals surface area contributed by atoms with Gasteiger partial charge in [-0.2, -0.15) is 0 Å². The molecule has 1 amide bonds. The van der Waals surface area contributed by atoms with E-state index in [1.54, 1.807) is 30.3 Å². The third kappa shape index (κ3) is 6.66. The summed E-state index contributed by atoms with van der Waals surface area (Å²) >= 11 is 0. The van der Waals surface area contributed by atoms with Gasteiger partial charge >= 0.3 is 0 Å². The molecule has 24 heavy (non-hydrogen) atoms. The zero-order chi connectivity index (χ0) is 17.4. The molecule has 0 radical (unpaired) electrons. The fourth-order valence-corrected chi connectivity index (χ4v) is 2.65. The van der Waals surface area contributed by atoms with E-state index in [2.05, 4.69) is 10.0 Å². The van der Waals surface area contributed by atoms with Gasteiger partial charge in [-0.1, -0.05) is 42.5 Å². The minimum absolute atomic E-state index is 0.163. The summed E-state index contributed by atoms with van der Waals surface area (Å²) in [6.45, 7) is 0.574. The smallest absolute Gasteiger partial charge is 0.244 e. The highest BCUT2D eigenvalue weighted by molar-refractivity contribution is 7.92. The molecule has 0 heterocycles. The van der Waals surface area contributed by atoms with Crippen LogP contribution in [0.3, 0.4) is 0 Å². The molecule has 0 unspecified atom stereocenters. The van der Waals surface area contributed by atoms with Gasteiger partial charge in [0.1, 0.15) is 0 Å². The molecular weight excluding hydrogens is 324 g/mol. The molecule has 2 aromatic carbocycles. The van der Waals surface area contributed by atoms with Crippen LogP contribution in [0.2, 0.25) is 0 Å². The highest BCUT2D eigenvalue weighted by Gasteiger charge is 2.01. The van der Waals surface area contributed by atoms with Crippen molar-refractivity contribution in [1.29, 1.82) is 0 Å². The molecule has 5 nitrogen and oxygen atoms in total. The van der Waals surface area contributed by atoms with Gasteiger partial charge in [-0.3, -0.25) is 9.52 Å². The topological polar surface area (TPSA) is 75.3 Å². The van der Waals surface area contributed by atoms with Gasteiger partial charge in [0.2, 0.25) is 15.9 Å². The maximum atomic E-state index is 11.8. The van der Waals surface area contributed by atoms with E-state index in [-0.39, 0.29) is 5.91 Å². The molecule has 0 saturated heterocycles. The lowest BCUT2D eigenvalue weighted by atomic mass is 10.1. The van der Waals surface area contributed by atoms with Crippen molar-refractivity contribution in [2.24, 2.45) is 0 Å². The molecule has 0 atom stereocenters. The summed E-state index contributed by atoms with van der Waals surface area (Å²) in [7, 11) is -3.28. The third-order valence-corrected chi connectivity index (χ3v) is 3.80. The van der Waals surface area contributed by atoms with E-state index in [9.17, 15) is 13.2 Å². The van der Waals surface area contributed by atoms with Crippen LogP contribution in [0, 0.1) is 0 Å². The van der Waals surface area contributed by atoms with Crippen molar-refractivity contribution in [2.75, 3.05) is 17.5 Å². The van der Waals surface area contributed by atoms with Gasteiger partial charge in [0, 0.05) is 18.3 Å². The SMILES string of the molecule is CS(=O)(=O)Nc1ccc(/C=C/C(=O)NCCc2ccccc2)cc1. The molecule has 0 aliphatic heterocycles. The van der Waals surface area contributed by atoms with Crippen molar-refractivity contribution in [3.63, 3.8) is 0 Å². The van der Waals surface area contributed by atoms with E-state index in [4.69, 9.17) is 0 Å². The Bertz CT molecular complexity index is 798. The molecule has 0 aromatic heterocycles. The van der Waals surface area contributed by atoms with Gasteiger partial charge < -0.3 is 5.32 Å². The van der Waals surface area contributed by atoms with Gasteiger partial charge in [0.05, 0.1) is 6.26 Å². The Balaban J connectivity index is 1.80. The molecule has 2 rings (SSSR count). The van der Waals surface area contributed by atoms with Crippen LogP contribution in [0.25, 0.3) is 6.08 Å². The summed E-state index contributed by atoms with van der Waals surface area (Å²) in [6, 6.07) is 16.7. The van der Waals surface area contributed by atoms with Crippen LogP contribution in [0.15, 0.2) is 60.7 Å². The Hall–Kier alpha value is -2.60. The summed E-state index contributed by atoms with van der Waals surface area (Å²) in [5, 5.41) is 2.83. The van der Waals surface area contributed by atoms with E-state index < -0.39 is 10.0 Å². The van der Waals surface area contributed by atoms with Crippen molar-refractivity contribution in [3.8, 4) is 0 Å². The maximum Gasteiger partial charge on any atom is 0.244 e. The lowest BCUT2D eigenvalue weighted by molar-refractivity contribution is -0.116. The second-order valence-electron chi connectivity index (χ2n) is 5.36. The normalized spacial score (nSPS) is 11.4. The minimum atomic E-state index is -3.28. The fourth-order valence-electron chi connectivity index (χ4n) is 2.08. The van der Waals surface area contributed by atoms with Gasteiger partial charge in [0.25, 0.3) is 0 Å². The lowest BCUT2D eigenvalue weighted by Gasteiger charge is -2.04. The Morgan fingerprint density at radius 2 is 1.71 bits per heavy atom. The average Bonchev–Trinajstić information content (AvgIpc) is 2.54. The van der Waals surface area contributed by atoms with Crippen LogP contribution in [-0.4, -0.2) is 27.1 Å². The Labute approximate surface area is 142 Å². The van der Waals surface area contributed by atoms with Crippen molar-refractivity contribution < 1.29 is 13.2 Å². The molecule has 6 heteroatoms. The zero-order valence-corrected chi connectivity index (χ0v) is 14.2. The van der Waals surface area contributed by atoms with Crippen molar-refractivity contribution in [1.82, 2.24) is 5.32 Å². The van der Waals surface area contributed by atoms with Crippen LogP contribution in [-0.2, 0) is 21.2 Å². The van der Waals surface area contributed by atoms with E-state index in [1.807, 2.05) is 30.3 Å². The van der Waals surface area contributed by atoms with Crippen LogP contribution >= 0.6 is 0 Å². The number of hydrogen-bond acceptors (Lipinski definition) is 3. The van der Waals surface area contributed by atoms with Crippen molar-refractivity contribution in [2.45, 2.75) is 6.42 Å². The molecule has 126 valence electrons. The van der Waals surface area contributed by atoms with Gasteiger partial charge in [0.15, 0.2) is 0 Å². The summed E-state index contributed by atoms with van der Waals surface area (Å²) in [4.78, 5) is 11.8. The van der Waals surface area contributed by atoms with E-state index in [0.717, 1.165) is 18.2 Å². The first-order valence-electron chi connectivity index (χ1n) is 7.50. The third-order valence-electron chi connectivity index (χ3n) is 3.20. The van der Waals surface area contributed by atoms with Gasteiger partial charge in [-0.25, -0.2) is 8.42 Å². The van der Waals surface area contributed by atoms with Crippen LogP contribution in [0.4, 0.5) is 5.69 Å². The predicted molar refractivity (Wildman–Crippen MR) is 97.1 cm³/mol. The molecule has 2 N–H and O–H groups in total. The number of hydrogen-bond donors (Lipinski definition) is 2. The second-order valence-corrected chi connectivity index (χ2v) is 7.10. The first-order chi connectivity index (χ1) is 11.4. The largest absolute Gasteiger partial charge is 0.352 e. The number of benzene rings is 2. The van der Waals surface area contributed by atoms with Gasteiger partial charge in [-0.05, 0) is 35.8 Å². The zero-order valence-electron chi connectivity index (χ0n) is 13.4. The minimum Gasteiger partial charge on any atom is -0.352 e. The Morgan fingerprint density at radius 1 is 1.04 bits per heavy atom. The number of nitrogens with one attached hydrogen (secondary N) is 2. The average molecular weight is 344 g/mol. The first kappa shape index (κ1) is 17.7. The number of carbonyl (C=O) groups excluding carboxylic acids is 1. The maximum absolute atomic E-state index is 11.8. The lowest BCUT2D eigenvalue weighted by Crippen LogP contribution is -2.23. The van der Waals surface area contributed by atoms with Crippen LogP contribution in [0.1, 0.15) is 11.1 Å². The molecule has 0 spiro atoms. The number of carbonyl (C=O) groups is 1. The summed E-state index contributed by atoms with van der Waals surface area (Å²) < 4.78 is 24.6. The fraction of sp³-hybridized carbons (Fsp3) is 0.167. The number of anilines is 1. The molecule has 0 bridgehead atoms. The Morgan fingerprint density at radius 3 is 2.33 bits per heavy atom. The summed E-state index contributed by atoms with van der Waals surface area (Å²) in [6.07, 6.45) is 5.03. The standard InChI is InChI=1S/C18H20N2O3S/c1-24(22,23)20-17-10-7-16(8-11-17)9-12-18(21)19-14-13-15-5-3-2-4-6-15/h2-12,20H,13-14H2,1H3,(H,19,21)/b12-9+. The molecule has 0 aliphatic rings. The first-order valence-corrected chi connectivity index (χ1v) is 9.39. The number of sulfonamides is 1. The molecule has 2 aromatic rings. The number of amides is 1. The molecule has 0 saturated carbocycles. The van der Waals surface area contributed by atoms with Crippen LogP contribution < -0.4 is 10.0 Å². The predicted octanol–water partition coefficient (Wildman–Crippen LogP) is 2.43. The van der Waals surface area contributed by atoms with E-state index in [0.29, 0.717) is 12.2 Å². The summed E-state index contributed by atoms with van der Waals surface area (Å²) in [5.41, 5.74) is 2.48. The molecule has 0 fully saturated rings. The van der Waals surface area contributed by atoms with Gasteiger partial charge in [-0.15, -0.1) is 0 Å².